The van der Waals surface area contributed by atoms with Gasteiger partial charge in [-0.05, 0) is 45.1 Å². The van der Waals surface area contributed by atoms with Crippen LogP contribution in [0.5, 0.6) is 0 Å². The van der Waals surface area contributed by atoms with Gasteiger partial charge in [0.25, 0.3) is 0 Å². The van der Waals surface area contributed by atoms with E-state index in [0.717, 1.165) is 38.4 Å². The van der Waals surface area contributed by atoms with E-state index < -0.39 is 9.84 Å². The SMILES string of the molecule is CCC1(C)CNC(C2CC2)CN1CCCS(C)(=O)=O. The highest BCUT2D eigenvalue weighted by molar-refractivity contribution is 7.90. The van der Waals surface area contributed by atoms with Gasteiger partial charge in [0.1, 0.15) is 9.84 Å². The van der Waals surface area contributed by atoms with Gasteiger partial charge in [0, 0.05) is 30.9 Å². The van der Waals surface area contributed by atoms with Gasteiger partial charge in [0.15, 0.2) is 0 Å². The van der Waals surface area contributed by atoms with Crippen LogP contribution in [0.1, 0.15) is 39.5 Å². The molecule has 1 N–H and O–H groups in total. The average Bonchev–Trinajstić information content (AvgIpc) is 3.14. The summed E-state index contributed by atoms with van der Waals surface area (Å²) >= 11 is 0. The lowest BCUT2D eigenvalue weighted by Gasteiger charge is -2.48. The fourth-order valence-corrected chi connectivity index (χ4v) is 3.68. The molecule has 2 rings (SSSR count). The van der Waals surface area contributed by atoms with Crippen LogP contribution in [-0.4, -0.2) is 56.5 Å². The summed E-state index contributed by atoms with van der Waals surface area (Å²) in [5.41, 5.74) is 0.183. The zero-order valence-electron chi connectivity index (χ0n) is 12.5. The minimum absolute atomic E-state index is 0.183. The van der Waals surface area contributed by atoms with Crippen LogP contribution in [0.3, 0.4) is 0 Å². The third-order valence-electron chi connectivity index (χ3n) is 4.82. The third kappa shape index (κ3) is 4.17. The van der Waals surface area contributed by atoms with E-state index in [2.05, 4.69) is 24.1 Å². The Bertz CT molecular complexity index is 406. The van der Waals surface area contributed by atoms with Crippen molar-refractivity contribution in [2.24, 2.45) is 5.92 Å². The zero-order valence-corrected chi connectivity index (χ0v) is 13.3. The molecule has 0 aromatic heterocycles. The Kier molecular flexibility index (Phi) is 4.58. The van der Waals surface area contributed by atoms with E-state index >= 15 is 0 Å². The van der Waals surface area contributed by atoms with Crippen LogP contribution in [0.25, 0.3) is 0 Å². The van der Waals surface area contributed by atoms with Gasteiger partial charge < -0.3 is 5.32 Å². The fourth-order valence-electron chi connectivity index (χ4n) is 3.03. The van der Waals surface area contributed by atoms with Gasteiger partial charge in [-0.25, -0.2) is 8.42 Å². The number of nitrogens with zero attached hydrogens (tertiary/aromatic N) is 1. The predicted octanol–water partition coefficient (Wildman–Crippen LogP) is 1.27. The van der Waals surface area contributed by atoms with Crippen molar-refractivity contribution in [1.29, 1.82) is 0 Å². The van der Waals surface area contributed by atoms with Crippen molar-refractivity contribution in [2.75, 3.05) is 31.6 Å². The number of hydrogen-bond donors (Lipinski definition) is 1. The van der Waals surface area contributed by atoms with E-state index in [-0.39, 0.29) is 5.54 Å². The van der Waals surface area contributed by atoms with E-state index in [1.807, 2.05) is 0 Å². The number of sulfone groups is 1. The number of nitrogens with one attached hydrogen (secondary N) is 1. The highest BCUT2D eigenvalue weighted by Gasteiger charge is 2.41. The van der Waals surface area contributed by atoms with Crippen molar-refractivity contribution in [3.05, 3.63) is 0 Å². The summed E-state index contributed by atoms with van der Waals surface area (Å²) in [5.74, 6) is 1.17. The molecule has 2 atom stereocenters. The Hall–Kier alpha value is -0.130. The normalized spacial score (nSPS) is 33.5. The van der Waals surface area contributed by atoms with E-state index in [1.165, 1.54) is 19.1 Å². The van der Waals surface area contributed by atoms with Crippen LogP contribution in [-0.2, 0) is 9.84 Å². The standard InChI is InChI=1S/C14H28N2O2S/c1-4-14(2)11-15-13(12-6-7-12)10-16(14)8-5-9-19(3,17)18/h12-13,15H,4-11H2,1-3H3. The van der Waals surface area contributed by atoms with Crippen LogP contribution in [0.2, 0.25) is 0 Å². The molecule has 0 radical (unpaired) electrons. The van der Waals surface area contributed by atoms with Gasteiger partial charge >= 0.3 is 0 Å². The summed E-state index contributed by atoms with van der Waals surface area (Å²) in [6.45, 7) is 7.54. The van der Waals surface area contributed by atoms with E-state index in [0.29, 0.717) is 11.8 Å². The maximum atomic E-state index is 11.3. The quantitative estimate of drug-likeness (QED) is 0.800. The molecule has 112 valence electrons. The minimum Gasteiger partial charge on any atom is -0.311 e. The lowest BCUT2D eigenvalue weighted by Crippen LogP contribution is -2.63. The first-order chi connectivity index (χ1) is 8.84. The molecule has 1 saturated carbocycles. The first-order valence-corrected chi connectivity index (χ1v) is 9.56. The number of rotatable bonds is 6. The summed E-state index contributed by atoms with van der Waals surface area (Å²) in [5, 5.41) is 3.70. The smallest absolute Gasteiger partial charge is 0.147 e. The highest BCUT2D eigenvalue weighted by Crippen LogP contribution is 2.36. The first kappa shape index (κ1) is 15.3. The molecular weight excluding hydrogens is 260 g/mol. The van der Waals surface area contributed by atoms with Gasteiger partial charge in [0.05, 0.1) is 5.75 Å². The second kappa shape index (κ2) is 5.70. The summed E-state index contributed by atoms with van der Waals surface area (Å²) in [6.07, 6.45) is 5.91. The van der Waals surface area contributed by atoms with Crippen LogP contribution in [0, 0.1) is 5.92 Å². The average molecular weight is 288 g/mol. The summed E-state index contributed by atoms with van der Waals surface area (Å²) in [6, 6.07) is 0.623. The summed E-state index contributed by atoms with van der Waals surface area (Å²) < 4.78 is 22.5. The predicted molar refractivity (Wildman–Crippen MR) is 79.1 cm³/mol. The molecule has 4 nitrogen and oxygen atoms in total. The van der Waals surface area contributed by atoms with Crippen LogP contribution in [0.15, 0.2) is 0 Å². The molecule has 1 saturated heterocycles. The van der Waals surface area contributed by atoms with Crippen molar-refractivity contribution in [2.45, 2.75) is 51.1 Å². The topological polar surface area (TPSA) is 49.4 Å². The maximum absolute atomic E-state index is 11.3. The molecule has 5 heteroatoms. The Morgan fingerprint density at radius 2 is 2.05 bits per heavy atom. The van der Waals surface area contributed by atoms with Crippen molar-refractivity contribution in [1.82, 2.24) is 10.2 Å². The van der Waals surface area contributed by atoms with Crippen molar-refractivity contribution in [3.8, 4) is 0 Å². The van der Waals surface area contributed by atoms with Crippen LogP contribution in [0.4, 0.5) is 0 Å². The molecule has 1 aliphatic carbocycles. The third-order valence-corrected chi connectivity index (χ3v) is 5.85. The Labute approximate surface area is 117 Å². The highest BCUT2D eigenvalue weighted by atomic mass is 32.2. The summed E-state index contributed by atoms with van der Waals surface area (Å²) in [7, 11) is -2.83. The number of piperazine rings is 1. The summed E-state index contributed by atoms with van der Waals surface area (Å²) in [4.78, 5) is 2.53. The fraction of sp³-hybridized carbons (Fsp3) is 1.00. The first-order valence-electron chi connectivity index (χ1n) is 7.50. The van der Waals surface area contributed by atoms with Crippen molar-refractivity contribution >= 4 is 9.84 Å². The molecule has 0 amide bonds. The van der Waals surface area contributed by atoms with Gasteiger partial charge in [-0.3, -0.25) is 4.90 Å². The minimum atomic E-state index is -2.83. The molecule has 2 fully saturated rings. The Morgan fingerprint density at radius 1 is 1.37 bits per heavy atom. The monoisotopic (exact) mass is 288 g/mol. The van der Waals surface area contributed by atoms with E-state index in [4.69, 9.17) is 0 Å². The van der Waals surface area contributed by atoms with Crippen molar-refractivity contribution < 1.29 is 8.42 Å². The van der Waals surface area contributed by atoms with Crippen LogP contribution >= 0.6 is 0 Å². The molecule has 1 aliphatic heterocycles. The van der Waals surface area contributed by atoms with Gasteiger partial charge in [0.2, 0.25) is 0 Å². The van der Waals surface area contributed by atoms with Crippen LogP contribution < -0.4 is 5.32 Å². The second-order valence-corrected chi connectivity index (χ2v) is 8.86. The van der Waals surface area contributed by atoms with Crippen molar-refractivity contribution in [3.63, 3.8) is 0 Å². The van der Waals surface area contributed by atoms with Gasteiger partial charge in [-0.2, -0.15) is 0 Å². The molecule has 0 aromatic carbocycles. The molecule has 2 unspecified atom stereocenters. The van der Waals surface area contributed by atoms with E-state index in [9.17, 15) is 8.42 Å². The number of hydrogen-bond acceptors (Lipinski definition) is 4. The maximum Gasteiger partial charge on any atom is 0.147 e. The van der Waals surface area contributed by atoms with Gasteiger partial charge in [-0.15, -0.1) is 0 Å². The molecule has 1 heterocycles. The Morgan fingerprint density at radius 3 is 2.58 bits per heavy atom. The molecule has 19 heavy (non-hydrogen) atoms. The molecule has 0 aromatic rings. The molecule has 0 bridgehead atoms. The van der Waals surface area contributed by atoms with E-state index in [1.54, 1.807) is 0 Å². The molecule has 2 aliphatic rings. The Balaban J connectivity index is 1.91. The second-order valence-electron chi connectivity index (χ2n) is 6.60. The lowest BCUT2D eigenvalue weighted by molar-refractivity contribution is 0.0444. The lowest BCUT2D eigenvalue weighted by atomic mass is 9.91. The zero-order chi connectivity index (χ0) is 14.1. The molecular formula is C14H28N2O2S. The molecule has 0 spiro atoms. The largest absolute Gasteiger partial charge is 0.311 e. The van der Waals surface area contributed by atoms with Gasteiger partial charge in [-0.1, -0.05) is 6.92 Å².